The molecule has 0 heterocycles. The van der Waals surface area contributed by atoms with Crippen molar-refractivity contribution in [1.82, 2.24) is 4.72 Å². The van der Waals surface area contributed by atoms with E-state index in [2.05, 4.69) is 4.72 Å². The predicted octanol–water partition coefficient (Wildman–Crippen LogP) is 2.79. The lowest BCUT2D eigenvalue weighted by Gasteiger charge is -2.24. The van der Waals surface area contributed by atoms with E-state index in [1.807, 2.05) is 0 Å². The largest absolute Gasteiger partial charge is 0.416 e. The molecule has 1 amide bonds. The summed E-state index contributed by atoms with van der Waals surface area (Å²) in [4.78, 5) is 13.6. The summed E-state index contributed by atoms with van der Waals surface area (Å²) in [6.07, 6.45) is -3.66. The minimum absolute atomic E-state index is 0.00637. The molecule has 0 saturated heterocycles. The van der Waals surface area contributed by atoms with Gasteiger partial charge in [-0.3, -0.25) is 4.79 Å². The van der Waals surface area contributed by atoms with E-state index in [-0.39, 0.29) is 12.2 Å². The first-order valence-corrected chi connectivity index (χ1v) is 9.41. The number of benzene rings is 2. The maximum atomic E-state index is 13.0. The molecule has 0 radical (unpaired) electrons. The third-order valence-corrected chi connectivity index (χ3v) is 4.12. The van der Waals surface area contributed by atoms with Crippen molar-refractivity contribution in [2.45, 2.75) is 12.7 Å². The van der Waals surface area contributed by atoms with E-state index in [4.69, 9.17) is 0 Å². The van der Waals surface area contributed by atoms with Crippen LogP contribution < -0.4 is 9.62 Å². The van der Waals surface area contributed by atoms with Crippen molar-refractivity contribution < 1.29 is 26.4 Å². The molecule has 0 fully saturated rings. The molecule has 0 saturated carbocycles. The van der Waals surface area contributed by atoms with Gasteiger partial charge in [0.1, 0.15) is 0 Å². The smallest absolute Gasteiger partial charge is 0.307 e. The zero-order valence-corrected chi connectivity index (χ0v) is 14.6. The van der Waals surface area contributed by atoms with E-state index >= 15 is 0 Å². The molecule has 0 aliphatic carbocycles. The zero-order valence-electron chi connectivity index (χ0n) is 13.8. The highest BCUT2D eigenvalue weighted by Crippen LogP contribution is 2.32. The summed E-state index contributed by atoms with van der Waals surface area (Å²) < 4.78 is 63.4. The summed E-state index contributed by atoms with van der Waals surface area (Å²) in [5.74, 6) is -0.668. The van der Waals surface area contributed by atoms with Gasteiger partial charge < -0.3 is 4.90 Å². The summed E-state index contributed by atoms with van der Waals surface area (Å²) in [5, 5.41) is 0. The molecule has 0 atom stereocenters. The van der Waals surface area contributed by atoms with E-state index in [1.54, 1.807) is 30.3 Å². The molecule has 2 aromatic rings. The number of hydrogen-bond donors (Lipinski definition) is 1. The Morgan fingerprint density at radius 2 is 1.73 bits per heavy atom. The molecule has 2 aromatic carbocycles. The van der Waals surface area contributed by atoms with Gasteiger partial charge in [0, 0.05) is 5.69 Å². The van der Waals surface area contributed by atoms with Crippen LogP contribution in [0.25, 0.3) is 0 Å². The average Bonchev–Trinajstić information content (AvgIpc) is 2.57. The molecule has 0 spiro atoms. The van der Waals surface area contributed by atoms with Crippen LogP contribution in [0.3, 0.4) is 0 Å². The van der Waals surface area contributed by atoms with Crippen molar-refractivity contribution >= 4 is 21.6 Å². The Morgan fingerprint density at radius 1 is 1.08 bits per heavy atom. The van der Waals surface area contributed by atoms with Gasteiger partial charge in [0.2, 0.25) is 15.9 Å². The van der Waals surface area contributed by atoms with Gasteiger partial charge in [-0.2, -0.15) is 13.2 Å². The van der Waals surface area contributed by atoms with Crippen molar-refractivity contribution in [2.75, 3.05) is 17.7 Å². The molecule has 2 rings (SSSR count). The second kappa shape index (κ2) is 7.88. The second-order valence-corrected chi connectivity index (χ2v) is 7.44. The molecule has 5 nitrogen and oxygen atoms in total. The van der Waals surface area contributed by atoms with Crippen molar-refractivity contribution in [3.05, 3.63) is 65.7 Å². The lowest BCUT2D eigenvalue weighted by Crippen LogP contribution is -2.39. The van der Waals surface area contributed by atoms with Crippen molar-refractivity contribution in [2.24, 2.45) is 0 Å². The Bertz CT molecular complexity index is 868. The number of anilines is 1. The molecular weight excluding hydrogens is 369 g/mol. The number of hydrogen-bond acceptors (Lipinski definition) is 3. The van der Waals surface area contributed by atoms with Crippen molar-refractivity contribution in [3.8, 4) is 0 Å². The van der Waals surface area contributed by atoms with Crippen LogP contribution in [0.4, 0.5) is 18.9 Å². The highest BCUT2D eigenvalue weighted by molar-refractivity contribution is 7.88. The van der Waals surface area contributed by atoms with Crippen LogP contribution in [0.15, 0.2) is 54.6 Å². The number of carbonyl (C=O) groups excluding carboxylic acids is 1. The fourth-order valence-corrected chi connectivity index (χ4v) is 2.61. The van der Waals surface area contributed by atoms with Gasteiger partial charge in [-0.1, -0.05) is 36.4 Å². The number of amides is 1. The lowest BCUT2D eigenvalue weighted by atomic mass is 10.1. The minimum atomic E-state index is -4.55. The van der Waals surface area contributed by atoms with E-state index in [1.165, 1.54) is 12.1 Å². The maximum Gasteiger partial charge on any atom is 0.416 e. The molecule has 26 heavy (non-hydrogen) atoms. The highest BCUT2D eigenvalue weighted by Gasteiger charge is 2.31. The third-order valence-electron chi connectivity index (χ3n) is 3.46. The predicted molar refractivity (Wildman–Crippen MR) is 91.9 cm³/mol. The zero-order chi connectivity index (χ0) is 19.4. The Morgan fingerprint density at radius 3 is 2.31 bits per heavy atom. The molecule has 9 heteroatoms. The lowest BCUT2D eigenvalue weighted by molar-refractivity contribution is -0.137. The SMILES string of the molecule is CS(=O)(=O)NCC(=O)N(Cc1ccccc1)c1cccc(C(F)(F)F)c1. The summed E-state index contributed by atoms with van der Waals surface area (Å²) in [5.41, 5.74) is -0.168. The molecule has 0 bridgehead atoms. The third kappa shape index (κ3) is 5.85. The Balaban J connectivity index is 2.35. The van der Waals surface area contributed by atoms with Crippen LogP contribution in [0.2, 0.25) is 0 Å². The number of sulfonamides is 1. The number of halogens is 3. The van der Waals surface area contributed by atoms with Gasteiger partial charge in [0.25, 0.3) is 0 Å². The van der Waals surface area contributed by atoms with Crippen LogP contribution in [-0.2, 0) is 27.5 Å². The van der Waals surface area contributed by atoms with Gasteiger partial charge in [-0.25, -0.2) is 13.1 Å². The average molecular weight is 386 g/mol. The van der Waals surface area contributed by atoms with Gasteiger partial charge >= 0.3 is 6.18 Å². The van der Waals surface area contributed by atoms with Gasteiger partial charge in [0.15, 0.2) is 0 Å². The normalized spacial score (nSPS) is 12.0. The Labute approximate surface area is 149 Å². The van der Waals surface area contributed by atoms with Crippen LogP contribution in [-0.4, -0.2) is 27.1 Å². The van der Waals surface area contributed by atoms with Crippen LogP contribution >= 0.6 is 0 Å². The van der Waals surface area contributed by atoms with Crippen molar-refractivity contribution in [3.63, 3.8) is 0 Å². The monoisotopic (exact) mass is 386 g/mol. The molecule has 0 aromatic heterocycles. The van der Waals surface area contributed by atoms with Gasteiger partial charge in [0.05, 0.1) is 24.9 Å². The van der Waals surface area contributed by atoms with E-state index in [0.717, 1.165) is 23.3 Å². The summed E-state index contributed by atoms with van der Waals surface area (Å²) >= 11 is 0. The first-order chi connectivity index (χ1) is 12.1. The number of carbonyl (C=O) groups is 1. The van der Waals surface area contributed by atoms with E-state index in [0.29, 0.717) is 5.56 Å². The number of nitrogens with one attached hydrogen (secondary N) is 1. The fourth-order valence-electron chi connectivity index (χ4n) is 2.23. The minimum Gasteiger partial charge on any atom is -0.307 e. The maximum absolute atomic E-state index is 13.0. The first kappa shape index (κ1) is 19.9. The summed E-state index contributed by atoms with van der Waals surface area (Å²) in [6, 6.07) is 13.0. The topological polar surface area (TPSA) is 66.5 Å². The number of nitrogens with zero attached hydrogens (tertiary/aromatic N) is 1. The second-order valence-electron chi connectivity index (χ2n) is 5.61. The van der Waals surface area contributed by atoms with Gasteiger partial charge in [-0.05, 0) is 23.8 Å². The molecular formula is C17H17F3N2O3S. The Hall–Kier alpha value is -2.39. The highest BCUT2D eigenvalue weighted by atomic mass is 32.2. The van der Waals surface area contributed by atoms with Crippen LogP contribution in [0.1, 0.15) is 11.1 Å². The summed E-state index contributed by atoms with van der Waals surface area (Å²) in [6.45, 7) is -0.547. The standard InChI is InChI=1S/C17H17F3N2O3S/c1-26(24,25)21-11-16(23)22(12-13-6-3-2-4-7-13)15-9-5-8-14(10-15)17(18,19)20/h2-10,21H,11-12H2,1H3. The first-order valence-electron chi connectivity index (χ1n) is 7.52. The number of rotatable bonds is 6. The van der Waals surface area contributed by atoms with Crippen LogP contribution in [0, 0.1) is 0 Å². The number of alkyl halides is 3. The van der Waals surface area contributed by atoms with Gasteiger partial charge in [-0.15, -0.1) is 0 Å². The quantitative estimate of drug-likeness (QED) is 0.830. The van der Waals surface area contributed by atoms with E-state index < -0.39 is 34.2 Å². The molecule has 0 unspecified atom stereocenters. The molecule has 140 valence electrons. The van der Waals surface area contributed by atoms with E-state index in [9.17, 15) is 26.4 Å². The molecule has 1 N–H and O–H groups in total. The Kier molecular flexibility index (Phi) is 6.04. The van der Waals surface area contributed by atoms with Crippen molar-refractivity contribution in [1.29, 1.82) is 0 Å². The molecule has 0 aliphatic rings. The van der Waals surface area contributed by atoms with Crippen LogP contribution in [0.5, 0.6) is 0 Å². The summed E-state index contributed by atoms with van der Waals surface area (Å²) in [7, 11) is -3.62. The fraction of sp³-hybridized carbons (Fsp3) is 0.235. The molecule has 0 aliphatic heterocycles.